The van der Waals surface area contributed by atoms with Crippen LogP contribution in [0.25, 0.3) is 0 Å². The summed E-state index contributed by atoms with van der Waals surface area (Å²) in [5.74, 6) is -1.22. The van der Waals surface area contributed by atoms with Gasteiger partial charge < -0.3 is 15.2 Å². The minimum atomic E-state index is -1.01. The van der Waals surface area contributed by atoms with Crippen molar-refractivity contribution in [2.75, 3.05) is 11.9 Å². The minimum absolute atomic E-state index is 0.184. The number of hydrogen-bond acceptors (Lipinski definition) is 3. The second-order valence-electron chi connectivity index (χ2n) is 7.10. The molecule has 1 amide bonds. The van der Waals surface area contributed by atoms with Crippen molar-refractivity contribution in [1.29, 1.82) is 0 Å². The fourth-order valence-corrected chi connectivity index (χ4v) is 2.57. The number of carbonyl (C=O) groups excluding carboxylic acids is 1. The Hall–Kier alpha value is -2.66. The molecule has 5 nitrogen and oxygen atoms in total. The molecule has 0 spiro atoms. The molecule has 0 aliphatic heterocycles. The first-order chi connectivity index (χ1) is 12.2. The molecule has 0 aliphatic rings. The molecule has 0 aromatic heterocycles. The van der Waals surface area contributed by atoms with Crippen molar-refractivity contribution in [2.24, 2.45) is 5.41 Å². The van der Waals surface area contributed by atoms with Crippen molar-refractivity contribution in [1.82, 2.24) is 0 Å². The Morgan fingerprint density at radius 1 is 1.08 bits per heavy atom. The molecule has 2 N–H and O–H groups in total. The Morgan fingerprint density at radius 2 is 1.73 bits per heavy atom. The number of amides is 1. The number of aryl methyl sites for hydroxylation is 2. The largest absolute Gasteiger partial charge is 0.478 e. The second-order valence-corrected chi connectivity index (χ2v) is 7.10. The molecule has 0 saturated carbocycles. The van der Waals surface area contributed by atoms with Gasteiger partial charge >= 0.3 is 5.97 Å². The molecule has 0 aliphatic carbocycles. The van der Waals surface area contributed by atoms with Crippen LogP contribution in [0.1, 0.15) is 40.9 Å². The van der Waals surface area contributed by atoms with Crippen LogP contribution in [0, 0.1) is 19.3 Å². The smallest absolute Gasteiger partial charge is 0.336 e. The highest BCUT2D eigenvalue weighted by atomic mass is 16.5. The summed E-state index contributed by atoms with van der Waals surface area (Å²) < 4.78 is 5.70. The maximum atomic E-state index is 12.7. The van der Waals surface area contributed by atoms with E-state index in [4.69, 9.17) is 4.74 Å². The average molecular weight is 355 g/mol. The third kappa shape index (κ3) is 4.92. The molecule has 0 atom stereocenters. The summed E-state index contributed by atoms with van der Waals surface area (Å²) in [7, 11) is 0. The Kier molecular flexibility index (Phi) is 6.16. The number of aromatic carboxylic acids is 1. The fourth-order valence-electron chi connectivity index (χ4n) is 2.57. The molecule has 2 aromatic carbocycles. The van der Waals surface area contributed by atoms with E-state index in [2.05, 4.69) is 5.32 Å². The maximum Gasteiger partial charge on any atom is 0.336 e. The van der Waals surface area contributed by atoms with E-state index in [1.54, 1.807) is 26.8 Å². The number of rotatable bonds is 7. The third-order valence-electron chi connectivity index (χ3n) is 4.24. The second kappa shape index (κ2) is 8.15. The quantitative estimate of drug-likeness (QED) is 0.781. The third-order valence-corrected chi connectivity index (χ3v) is 4.24. The summed E-state index contributed by atoms with van der Waals surface area (Å²) >= 11 is 0. The molecular weight excluding hydrogens is 330 g/mol. The highest BCUT2D eigenvalue weighted by molar-refractivity contribution is 5.98. The van der Waals surface area contributed by atoms with Crippen LogP contribution < -0.4 is 5.32 Å². The van der Waals surface area contributed by atoms with Crippen molar-refractivity contribution < 1.29 is 19.4 Å². The number of carboxylic acids is 1. The molecule has 5 heteroatoms. The lowest BCUT2D eigenvalue weighted by Crippen LogP contribution is -2.35. The van der Waals surface area contributed by atoms with Crippen LogP contribution in [-0.2, 0) is 16.1 Å². The topological polar surface area (TPSA) is 75.6 Å². The molecule has 2 aromatic rings. The van der Waals surface area contributed by atoms with E-state index in [9.17, 15) is 14.7 Å². The summed E-state index contributed by atoms with van der Waals surface area (Å²) in [5.41, 5.74) is 2.47. The zero-order valence-electron chi connectivity index (χ0n) is 15.6. The number of nitrogens with one attached hydrogen (secondary N) is 1. The number of anilines is 1. The normalized spacial score (nSPS) is 11.2. The molecule has 0 bridgehead atoms. The van der Waals surface area contributed by atoms with Crippen LogP contribution in [0.15, 0.2) is 42.5 Å². The molecule has 26 heavy (non-hydrogen) atoms. The van der Waals surface area contributed by atoms with Crippen molar-refractivity contribution >= 4 is 17.6 Å². The first-order valence-corrected chi connectivity index (χ1v) is 8.48. The van der Waals surface area contributed by atoms with Crippen molar-refractivity contribution in [2.45, 2.75) is 34.3 Å². The Bertz CT molecular complexity index is 797. The van der Waals surface area contributed by atoms with Crippen LogP contribution in [0.5, 0.6) is 0 Å². The number of carboxylic acid groups (broad SMARTS) is 1. The maximum absolute atomic E-state index is 12.7. The summed E-state index contributed by atoms with van der Waals surface area (Å²) in [5, 5.41) is 12.1. The predicted octanol–water partition coefficient (Wildman–Crippen LogP) is 4.18. The lowest BCUT2D eigenvalue weighted by Gasteiger charge is -2.24. The van der Waals surface area contributed by atoms with Gasteiger partial charge in [-0.1, -0.05) is 36.4 Å². The average Bonchev–Trinajstić information content (AvgIpc) is 2.57. The van der Waals surface area contributed by atoms with Crippen molar-refractivity contribution in [3.8, 4) is 0 Å². The lowest BCUT2D eigenvalue weighted by atomic mass is 9.93. The molecular formula is C21H25NO4. The number of carbonyl (C=O) groups is 2. The fraction of sp³-hybridized carbons (Fsp3) is 0.333. The highest BCUT2D eigenvalue weighted by Crippen LogP contribution is 2.24. The number of ether oxygens (including phenoxy) is 1. The van der Waals surface area contributed by atoms with Crippen LogP contribution in [0.2, 0.25) is 0 Å². The molecule has 138 valence electrons. The Balaban J connectivity index is 2.03. The van der Waals surface area contributed by atoms with E-state index in [0.717, 1.165) is 11.1 Å². The van der Waals surface area contributed by atoms with Crippen molar-refractivity contribution in [3.63, 3.8) is 0 Å². The summed E-state index contributed by atoms with van der Waals surface area (Å²) in [6.45, 7) is 7.87. The van der Waals surface area contributed by atoms with Crippen LogP contribution in [0.3, 0.4) is 0 Å². The van der Waals surface area contributed by atoms with E-state index in [-0.39, 0.29) is 18.1 Å². The van der Waals surface area contributed by atoms with E-state index < -0.39 is 11.4 Å². The first kappa shape index (κ1) is 19.7. The van der Waals surface area contributed by atoms with Gasteiger partial charge in [0.2, 0.25) is 5.91 Å². The number of benzene rings is 2. The van der Waals surface area contributed by atoms with Gasteiger partial charge in [-0.05, 0) is 50.5 Å². The molecule has 0 unspecified atom stereocenters. The molecule has 0 fully saturated rings. The molecule has 0 saturated heterocycles. The van der Waals surface area contributed by atoms with Crippen LogP contribution >= 0.6 is 0 Å². The van der Waals surface area contributed by atoms with Crippen LogP contribution in [0.4, 0.5) is 5.69 Å². The Labute approximate surface area is 154 Å². The molecule has 2 rings (SSSR count). The number of hydrogen-bond donors (Lipinski definition) is 2. The SMILES string of the molecule is Cc1cc(C)c(C(=O)O)cc1NC(=O)C(C)(C)COCc1ccccc1. The van der Waals surface area contributed by atoms with Gasteiger partial charge in [0, 0.05) is 5.69 Å². The van der Waals surface area contributed by atoms with Gasteiger partial charge in [0.1, 0.15) is 0 Å². The van der Waals surface area contributed by atoms with Gasteiger partial charge in [-0.15, -0.1) is 0 Å². The Morgan fingerprint density at radius 3 is 2.35 bits per heavy atom. The minimum Gasteiger partial charge on any atom is -0.478 e. The van der Waals surface area contributed by atoms with E-state index >= 15 is 0 Å². The predicted molar refractivity (Wildman–Crippen MR) is 101 cm³/mol. The van der Waals surface area contributed by atoms with Crippen molar-refractivity contribution in [3.05, 3.63) is 64.7 Å². The monoisotopic (exact) mass is 355 g/mol. The molecule has 0 heterocycles. The van der Waals surface area contributed by atoms with E-state index in [0.29, 0.717) is 17.9 Å². The van der Waals surface area contributed by atoms with Gasteiger partial charge in [-0.2, -0.15) is 0 Å². The zero-order valence-corrected chi connectivity index (χ0v) is 15.6. The van der Waals surface area contributed by atoms with Gasteiger partial charge in [0.15, 0.2) is 0 Å². The summed E-state index contributed by atoms with van der Waals surface area (Å²) in [4.78, 5) is 24.0. The first-order valence-electron chi connectivity index (χ1n) is 8.48. The highest BCUT2D eigenvalue weighted by Gasteiger charge is 2.28. The zero-order chi connectivity index (χ0) is 19.3. The van der Waals surface area contributed by atoms with Gasteiger partial charge in [-0.3, -0.25) is 4.79 Å². The van der Waals surface area contributed by atoms with E-state index in [1.807, 2.05) is 37.3 Å². The molecule has 0 radical (unpaired) electrons. The summed E-state index contributed by atoms with van der Waals surface area (Å²) in [6, 6.07) is 13.0. The lowest BCUT2D eigenvalue weighted by molar-refractivity contribution is -0.127. The van der Waals surface area contributed by atoms with Gasteiger partial charge in [0.25, 0.3) is 0 Å². The summed E-state index contributed by atoms with van der Waals surface area (Å²) in [6.07, 6.45) is 0. The van der Waals surface area contributed by atoms with Gasteiger partial charge in [0.05, 0.1) is 24.2 Å². The van der Waals surface area contributed by atoms with Gasteiger partial charge in [-0.25, -0.2) is 4.79 Å². The van der Waals surface area contributed by atoms with E-state index in [1.165, 1.54) is 6.07 Å². The van der Waals surface area contributed by atoms with Crippen LogP contribution in [-0.4, -0.2) is 23.6 Å². The standard InChI is InChI=1S/C21H25NO4/c1-14-10-15(2)18(11-17(14)19(23)24)22-20(25)21(3,4)13-26-12-16-8-6-5-7-9-16/h5-11H,12-13H2,1-4H3,(H,22,25)(H,23,24).